The third-order valence-electron chi connectivity index (χ3n) is 2.95. The van der Waals surface area contributed by atoms with Gasteiger partial charge in [-0.15, -0.1) is 0 Å². The molecule has 0 bridgehead atoms. The number of benzene rings is 1. The molecule has 0 fully saturated rings. The maximum absolute atomic E-state index is 12.5. The van der Waals surface area contributed by atoms with Crippen molar-refractivity contribution in [3.63, 3.8) is 0 Å². The summed E-state index contributed by atoms with van der Waals surface area (Å²) in [5.74, 6) is -0.906. The number of rotatable bonds is 6. The number of hydrogen-bond acceptors (Lipinski definition) is 5. The van der Waals surface area contributed by atoms with E-state index in [4.69, 9.17) is 4.74 Å². The average molecular weight is 356 g/mol. The van der Waals surface area contributed by atoms with Crippen LogP contribution in [0.4, 0.5) is 0 Å². The molecule has 8 heteroatoms. The molecule has 7 nitrogen and oxygen atoms in total. The van der Waals surface area contributed by atoms with Gasteiger partial charge in [0.25, 0.3) is 0 Å². The lowest BCUT2D eigenvalue weighted by molar-refractivity contribution is -0.122. The highest BCUT2D eigenvalue weighted by Gasteiger charge is 2.24. The van der Waals surface area contributed by atoms with Crippen LogP contribution in [0.3, 0.4) is 0 Å². The van der Waals surface area contributed by atoms with Crippen LogP contribution in [0.1, 0.15) is 38.1 Å². The van der Waals surface area contributed by atoms with E-state index in [1.54, 1.807) is 6.92 Å². The summed E-state index contributed by atoms with van der Waals surface area (Å²) >= 11 is 0. The predicted octanol–water partition coefficient (Wildman–Crippen LogP) is 1.40. The number of ether oxygens (including phenoxy) is 1. The smallest absolute Gasteiger partial charge is 0.338 e. The molecule has 0 heterocycles. The molecule has 0 aliphatic heterocycles. The van der Waals surface area contributed by atoms with Crippen LogP contribution in [0, 0.1) is 0 Å². The van der Waals surface area contributed by atoms with Crippen molar-refractivity contribution in [1.82, 2.24) is 9.62 Å². The van der Waals surface area contributed by atoms with Crippen LogP contribution in [0.25, 0.3) is 0 Å². The number of carbonyl (C=O) groups is 2. The third kappa shape index (κ3) is 5.61. The monoisotopic (exact) mass is 356 g/mol. The Labute approximate surface area is 143 Å². The predicted molar refractivity (Wildman–Crippen MR) is 90.1 cm³/mol. The highest BCUT2D eigenvalue weighted by molar-refractivity contribution is 7.89. The lowest BCUT2D eigenvalue weighted by atomic mass is 10.1. The molecule has 1 N–H and O–H groups in total. The minimum atomic E-state index is -3.82. The number of hydrogen-bond donors (Lipinski definition) is 1. The fourth-order valence-electron chi connectivity index (χ4n) is 1.90. The molecule has 0 saturated heterocycles. The minimum Gasteiger partial charge on any atom is -0.462 e. The van der Waals surface area contributed by atoms with Crippen LogP contribution in [0.2, 0.25) is 0 Å². The van der Waals surface area contributed by atoms with Gasteiger partial charge in [-0.05, 0) is 52.0 Å². The lowest BCUT2D eigenvalue weighted by Crippen LogP contribution is -2.46. The molecule has 0 saturated carbocycles. The second kappa shape index (κ2) is 7.76. The molecule has 0 aliphatic rings. The van der Waals surface area contributed by atoms with Crippen molar-refractivity contribution in [1.29, 1.82) is 0 Å². The number of sulfonamides is 1. The van der Waals surface area contributed by atoms with Crippen LogP contribution in [-0.2, 0) is 19.6 Å². The fourth-order valence-corrected chi connectivity index (χ4v) is 3.03. The zero-order valence-corrected chi connectivity index (χ0v) is 15.4. The summed E-state index contributed by atoms with van der Waals surface area (Å²) in [5, 5.41) is 2.71. The molecule has 1 aromatic carbocycles. The van der Waals surface area contributed by atoms with E-state index in [9.17, 15) is 18.0 Å². The van der Waals surface area contributed by atoms with E-state index in [0.717, 1.165) is 4.31 Å². The van der Waals surface area contributed by atoms with Crippen molar-refractivity contribution in [2.75, 3.05) is 20.2 Å². The first kappa shape index (κ1) is 20.1. The van der Waals surface area contributed by atoms with Crippen LogP contribution >= 0.6 is 0 Å². The number of likely N-dealkylation sites (N-methyl/N-ethyl adjacent to an activating group) is 1. The second-order valence-corrected chi connectivity index (χ2v) is 8.35. The average Bonchev–Trinajstić information content (AvgIpc) is 2.45. The Bertz CT molecular complexity index is 690. The first-order valence-electron chi connectivity index (χ1n) is 7.52. The largest absolute Gasteiger partial charge is 0.462 e. The van der Waals surface area contributed by atoms with E-state index in [0.29, 0.717) is 0 Å². The van der Waals surface area contributed by atoms with E-state index in [2.05, 4.69) is 5.32 Å². The van der Waals surface area contributed by atoms with Gasteiger partial charge in [0.05, 0.1) is 23.6 Å². The number of esters is 1. The van der Waals surface area contributed by atoms with Crippen molar-refractivity contribution in [3.05, 3.63) is 29.8 Å². The van der Waals surface area contributed by atoms with Crippen molar-refractivity contribution >= 4 is 21.9 Å². The van der Waals surface area contributed by atoms with Crippen molar-refractivity contribution in [2.45, 2.75) is 38.1 Å². The van der Waals surface area contributed by atoms with Gasteiger partial charge in [-0.25, -0.2) is 13.2 Å². The van der Waals surface area contributed by atoms with E-state index >= 15 is 0 Å². The molecule has 0 atom stereocenters. The molecule has 0 unspecified atom stereocenters. The molecule has 0 radical (unpaired) electrons. The normalized spacial score (nSPS) is 12.1. The molecule has 0 spiro atoms. The van der Waals surface area contributed by atoms with E-state index < -0.39 is 27.4 Å². The van der Waals surface area contributed by atoms with Crippen LogP contribution in [0.5, 0.6) is 0 Å². The number of carbonyl (C=O) groups excluding carboxylic acids is 2. The summed E-state index contributed by atoms with van der Waals surface area (Å²) in [4.78, 5) is 23.5. The van der Waals surface area contributed by atoms with E-state index in [1.807, 2.05) is 20.8 Å². The topological polar surface area (TPSA) is 92.8 Å². The van der Waals surface area contributed by atoms with Crippen molar-refractivity contribution in [2.24, 2.45) is 0 Å². The Hall–Kier alpha value is -1.93. The lowest BCUT2D eigenvalue weighted by Gasteiger charge is -2.23. The summed E-state index contributed by atoms with van der Waals surface area (Å²) in [6.07, 6.45) is 0. The van der Waals surface area contributed by atoms with E-state index in [1.165, 1.54) is 31.3 Å². The van der Waals surface area contributed by atoms with Gasteiger partial charge in [0.1, 0.15) is 0 Å². The molecular formula is C16H24N2O5S. The quantitative estimate of drug-likeness (QED) is 0.778. The van der Waals surface area contributed by atoms with Crippen molar-refractivity contribution < 1.29 is 22.7 Å². The Kier molecular flexibility index (Phi) is 6.50. The summed E-state index contributed by atoms with van der Waals surface area (Å²) in [5.41, 5.74) is -0.174. The van der Waals surface area contributed by atoms with Crippen LogP contribution < -0.4 is 5.32 Å². The van der Waals surface area contributed by atoms with Gasteiger partial charge in [-0.1, -0.05) is 0 Å². The first-order valence-corrected chi connectivity index (χ1v) is 8.96. The van der Waals surface area contributed by atoms with Crippen molar-refractivity contribution in [3.8, 4) is 0 Å². The van der Waals surface area contributed by atoms with Gasteiger partial charge in [-0.3, -0.25) is 4.79 Å². The summed E-state index contributed by atoms with van der Waals surface area (Å²) in [6, 6.07) is 5.40. The second-order valence-electron chi connectivity index (χ2n) is 6.30. The van der Waals surface area contributed by atoms with Crippen LogP contribution in [-0.4, -0.2) is 50.3 Å². The number of nitrogens with zero attached hydrogens (tertiary/aromatic N) is 1. The SMILES string of the molecule is CCOC(=O)c1ccc(S(=O)(=O)N(C)CC(=O)NC(C)(C)C)cc1. The molecule has 0 aliphatic carbocycles. The van der Waals surface area contributed by atoms with Gasteiger partial charge in [0.15, 0.2) is 0 Å². The van der Waals surface area contributed by atoms with Gasteiger partial charge < -0.3 is 10.1 Å². The molecule has 1 rings (SSSR count). The third-order valence-corrected chi connectivity index (χ3v) is 4.77. The number of amides is 1. The molecule has 1 aromatic rings. The maximum atomic E-state index is 12.5. The molecule has 24 heavy (non-hydrogen) atoms. The standard InChI is InChI=1S/C16H24N2O5S/c1-6-23-15(20)12-7-9-13(10-8-12)24(21,22)18(5)11-14(19)17-16(2,3)4/h7-10H,6,11H2,1-5H3,(H,17,19). The Morgan fingerprint density at radius 1 is 1.17 bits per heavy atom. The van der Waals surface area contributed by atoms with Gasteiger partial charge in [-0.2, -0.15) is 4.31 Å². The zero-order valence-electron chi connectivity index (χ0n) is 14.6. The zero-order chi connectivity index (χ0) is 18.5. The molecule has 0 aromatic heterocycles. The molecular weight excluding hydrogens is 332 g/mol. The highest BCUT2D eigenvalue weighted by atomic mass is 32.2. The Balaban J connectivity index is 2.87. The summed E-state index contributed by atoms with van der Waals surface area (Å²) in [7, 11) is -2.49. The number of nitrogens with one attached hydrogen (secondary N) is 1. The molecule has 1 amide bonds. The minimum absolute atomic E-state index is 0.00149. The van der Waals surface area contributed by atoms with Gasteiger partial charge in [0.2, 0.25) is 15.9 Å². The van der Waals surface area contributed by atoms with Crippen LogP contribution in [0.15, 0.2) is 29.2 Å². The van der Waals surface area contributed by atoms with E-state index in [-0.39, 0.29) is 23.6 Å². The maximum Gasteiger partial charge on any atom is 0.338 e. The first-order chi connectivity index (χ1) is 11.0. The fraction of sp³-hybridized carbons (Fsp3) is 0.500. The Morgan fingerprint density at radius 2 is 1.71 bits per heavy atom. The van der Waals surface area contributed by atoms with Gasteiger partial charge in [0, 0.05) is 12.6 Å². The van der Waals surface area contributed by atoms with Gasteiger partial charge >= 0.3 is 5.97 Å². The highest BCUT2D eigenvalue weighted by Crippen LogP contribution is 2.15. The summed E-state index contributed by atoms with van der Waals surface area (Å²) in [6.45, 7) is 7.08. The summed E-state index contributed by atoms with van der Waals surface area (Å²) < 4.78 is 30.8. The Morgan fingerprint density at radius 3 is 2.17 bits per heavy atom. The molecule has 134 valence electrons.